The molecule has 3 heteroatoms. The molecule has 1 aliphatic rings. The molecule has 1 fully saturated rings. The van der Waals surface area contributed by atoms with Crippen molar-refractivity contribution in [2.75, 3.05) is 13.1 Å². The summed E-state index contributed by atoms with van der Waals surface area (Å²) in [5.41, 5.74) is 0.229. The predicted octanol–water partition coefficient (Wildman–Crippen LogP) is 2.27. The number of hydrogen-bond donors (Lipinski definition) is 2. The Kier molecular flexibility index (Phi) is 2.78. The van der Waals surface area contributed by atoms with Gasteiger partial charge >= 0.3 is 0 Å². The first-order chi connectivity index (χ1) is 8.76. The molecule has 2 aromatic carbocycles. The second kappa shape index (κ2) is 4.44. The lowest BCUT2D eigenvalue weighted by molar-refractivity contribution is -0.0146. The van der Waals surface area contributed by atoms with Crippen LogP contribution in [0.25, 0.3) is 0 Å². The molecule has 3 rings (SSSR count). The minimum absolute atomic E-state index is 0.617. The maximum absolute atomic E-state index is 10.2. The van der Waals surface area contributed by atoms with E-state index in [4.69, 9.17) is 4.74 Å². The Labute approximate surface area is 106 Å². The zero-order chi connectivity index (χ0) is 12.4. The summed E-state index contributed by atoms with van der Waals surface area (Å²) in [6.07, 6.45) is 0. The van der Waals surface area contributed by atoms with Gasteiger partial charge in [-0.05, 0) is 29.8 Å². The maximum Gasteiger partial charge on any atom is 0.127 e. The highest BCUT2D eigenvalue weighted by atomic mass is 16.5. The third-order valence-electron chi connectivity index (χ3n) is 3.21. The van der Waals surface area contributed by atoms with Crippen LogP contribution in [0.2, 0.25) is 0 Å². The van der Waals surface area contributed by atoms with E-state index in [-0.39, 0.29) is 0 Å². The largest absolute Gasteiger partial charge is 0.457 e. The summed E-state index contributed by atoms with van der Waals surface area (Å²) < 4.78 is 5.70. The molecule has 0 aromatic heterocycles. The van der Waals surface area contributed by atoms with Crippen molar-refractivity contribution in [1.82, 2.24) is 5.32 Å². The monoisotopic (exact) mass is 241 g/mol. The van der Waals surface area contributed by atoms with Gasteiger partial charge in [0, 0.05) is 13.1 Å². The molecule has 2 N–H and O–H groups in total. The van der Waals surface area contributed by atoms with Gasteiger partial charge in [0.05, 0.1) is 0 Å². The Bertz CT molecular complexity index is 518. The van der Waals surface area contributed by atoms with Gasteiger partial charge in [0.15, 0.2) is 0 Å². The highest BCUT2D eigenvalue weighted by Gasteiger charge is 2.35. The van der Waals surface area contributed by atoms with Crippen LogP contribution in [0, 0.1) is 0 Å². The molecule has 0 saturated carbocycles. The molecular weight excluding hydrogens is 226 g/mol. The number of ether oxygens (including phenoxy) is 1. The second-order valence-corrected chi connectivity index (χ2v) is 4.57. The molecule has 0 bridgehead atoms. The number of aliphatic hydroxyl groups is 1. The summed E-state index contributed by atoms with van der Waals surface area (Å²) in [6, 6.07) is 17.3. The number of rotatable bonds is 3. The standard InChI is InChI=1S/C15H15NO2/c17-15(10-16-11-15)12-6-8-14(9-7-12)18-13-4-2-1-3-5-13/h1-9,16-17H,10-11H2. The van der Waals surface area contributed by atoms with Crippen molar-refractivity contribution in [3.63, 3.8) is 0 Å². The molecule has 0 amide bonds. The Balaban J connectivity index is 1.75. The summed E-state index contributed by atoms with van der Waals surface area (Å²) in [7, 11) is 0. The van der Waals surface area contributed by atoms with Crippen molar-refractivity contribution in [3.8, 4) is 11.5 Å². The van der Waals surface area contributed by atoms with Crippen molar-refractivity contribution in [2.24, 2.45) is 0 Å². The molecule has 3 nitrogen and oxygen atoms in total. The lowest BCUT2D eigenvalue weighted by Gasteiger charge is -2.38. The molecule has 2 aromatic rings. The van der Waals surface area contributed by atoms with E-state index < -0.39 is 5.60 Å². The van der Waals surface area contributed by atoms with Gasteiger partial charge in [-0.1, -0.05) is 30.3 Å². The van der Waals surface area contributed by atoms with Gasteiger partial charge in [-0.2, -0.15) is 0 Å². The normalized spacial score (nSPS) is 16.9. The number of para-hydroxylation sites is 1. The predicted molar refractivity (Wildman–Crippen MR) is 69.7 cm³/mol. The molecular formula is C15H15NO2. The van der Waals surface area contributed by atoms with Crippen LogP contribution in [0.5, 0.6) is 11.5 Å². The fourth-order valence-corrected chi connectivity index (χ4v) is 2.02. The molecule has 92 valence electrons. The lowest BCUT2D eigenvalue weighted by Crippen LogP contribution is -2.56. The van der Waals surface area contributed by atoms with Gasteiger partial charge in [-0.15, -0.1) is 0 Å². The molecule has 0 spiro atoms. The van der Waals surface area contributed by atoms with Gasteiger partial charge < -0.3 is 15.2 Å². The number of β-amino-alcohol motifs (C(OH)–C–C–N with tert-alkyl or cyclic N) is 1. The molecule has 1 saturated heterocycles. The molecule has 0 unspecified atom stereocenters. The molecule has 1 heterocycles. The van der Waals surface area contributed by atoms with Crippen LogP contribution in [0.3, 0.4) is 0 Å². The minimum atomic E-state index is -0.703. The second-order valence-electron chi connectivity index (χ2n) is 4.57. The van der Waals surface area contributed by atoms with E-state index >= 15 is 0 Å². The summed E-state index contributed by atoms with van der Waals surface area (Å²) in [4.78, 5) is 0. The van der Waals surface area contributed by atoms with Crippen LogP contribution in [0.15, 0.2) is 54.6 Å². The third kappa shape index (κ3) is 2.10. The number of nitrogens with one attached hydrogen (secondary N) is 1. The molecule has 0 radical (unpaired) electrons. The van der Waals surface area contributed by atoms with Gasteiger partial charge in [0.25, 0.3) is 0 Å². The molecule has 1 aliphatic heterocycles. The average Bonchev–Trinajstić information content (AvgIpc) is 2.38. The smallest absolute Gasteiger partial charge is 0.127 e. The minimum Gasteiger partial charge on any atom is -0.457 e. The highest BCUT2D eigenvalue weighted by molar-refractivity contribution is 5.36. The SMILES string of the molecule is OC1(c2ccc(Oc3ccccc3)cc2)CNC1. The Hall–Kier alpha value is -1.84. The molecule has 0 aliphatic carbocycles. The summed E-state index contributed by atoms with van der Waals surface area (Å²) >= 11 is 0. The Morgan fingerprint density at radius 3 is 2.06 bits per heavy atom. The number of hydrogen-bond acceptors (Lipinski definition) is 3. The van der Waals surface area contributed by atoms with E-state index in [0.29, 0.717) is 13.1 Å². The summed E-state index contributed by atoms with van der Waals surface area (Å²) in [5.74, 6) is 1.59. The fourth-order valence-electron chi connectivity index (χ4n) is 2.02. The van der Waals surface area contributed by atoms with Crippen LogP contribution in [0.1, 0.15) is 5.56 Å². The van der Waals surface area contributed by atoms with Crippen LogP contribution >= 0.6 is 0 Å². The summed E-state index contributed by atoms with van der Waals surface area (Å²) in [5, 5.41) is 13.2. The topological polar surface area (TPSA) is 41.5 Å². The highest BCUT2D eigenvalue weighted by Crippen LogP contribution is 2.28. The van der Waals surface area contributed by atoms with Crippen LogP contribution in [-0.4, -0.2) is 18.2 Å². The van der Waals surface area contributed by atoms with Crippen LogP contribution in [0.4, 0.5) is 0 Å². The maximum atomic E-state index is 10.2. The van der Waals surface area contributed by atoms with Gasteiger partial charge in [-0.25, -0.2) is 0 Å². The Morgan fingerprint density at radius 2 is 1.50 bits per heavy atom. The van der Waals surface area contributed by atoms with E-state index in [2.05, 4.69) is 5.32 Å². The zero-order valence-electron chi connectivity index (χ0n) is 9.97. The molecule has 0 atom stereocenters. The summed E-state index contributed by atoms with van der Waals surface area (Å²) in [6.45, 7) is 1.23. The van der Waals surface area contributed by atoms with E-state index in [9.17, 15) is 5.11 Å². The van der Waals surface area contributed by atoms with Crippen molar-refractivity contribution >= 4 is 0 Å². The van der Waals surface area contributed by atoms with Crippen molar-refractivity contribution in [3.05, 3.63) is 60.2 Å². The van der Waals surface area contributed by atoms with Crippen molar-refractivity contribution in [1.29, 1.82) is 0 Å². The van der Waals surface area contributed by atoms with Gasteiger partial charge in [-0.3, -0.25) is 0 Å². The van der Waals surface area contributed by atoms with E-state index in [1.165, 1.54) is 0 Å². The number of benzene rings is 2. The first kappa shape index (κ1) is 11.3. The van der Waals surface area contributed by atoms with E-state index in [1.807, 2.05) is 54.6 Å². The molecule has 18 heavy (non-hydrogen) atoms. The third-order valence-corrected chi connectivity index (χ3v) is 3.21. The fraction of sp³-hybridized carbons (Fsp3) is 0.200. The van der Waals surface area contributed by atoms with Gasteiger partial charge in [0.1, 0.15) is 17.1 Å². The van der Waals surface area contributed by atoms with Crippen molar-refractivity contribution < 1.29 is 9.84 Å². The van der Waals surface area contributed by atoms with Crippen molar-refractivity contribution in [2.45, 2.75) is 5.60 Å². The van der Waals surface area contributed by atoms with E-state index in [0.717, 1.165) is 17.1 Å². The quantitative estimate of drug-likeness (QED) is 0.866. The van der Waals surface area contributed by atoms with Gasteiger partial charge in [0.2, 0.25) is 0 Å². The average molecular weight is 241 g/mol. The first-order valence-electron chi connectivity index (χ1n) is 6.03. The van der Waals surface area contributed by atoms with Crippen LogP contribution < -0.4 is 10.1 Å². The van der Waals surface area contributed by atoms with E-state index in [1.54, 1.807) is 0 Å². The first-order valence-corrected chi connectivity index (χ1v) is 6.03. The Morgan fingerprint density at radius 1 is 0.889 bits per heavy atom. The lowest BCUT2D eigenvalue weighted by atomic mass is 9.88. The van der Waals surface area contributed by atoms with Crippen LogP contribution in [-0.2, 0) is 5.60 Å². The zero-order valence-corrected chi connectivity index (χ0v) is 9.97.